The van der Waals surface area contributed by atoms with Gasteiger partial charge in [-0.05, 0) is 53.5 Å². The van der Waals surface area contributed by atoms with E-state index in [1.54, 1.807) is 25.8 Å². The van der Waals surface area contributed by atoms with Gasteiger partial charge in [-0.1, -0.05) is 12.5 Å². The van der Waals surface area contributed by atoms with Crippen molar-refractivity contribution in [2.45, 2.75) is 32.1 Å². The number of thiophene rings is 1. The second-order valence-electron chi connectivity index (χ2n) is 7.08. The minimum atomic E-state index is 1.10. The van der Waals surface area contributed by atoms with E-state index < -0.39 is 0 Å². The Morgan fingerprint density at radius 1 is 1.10 bits per heavy atom. The van der Waals surface area contributed by atoms with Crippen molar-refractivity contribution in [1.29, 1.82) is 0 Å². The van der Waals surface area contributed by atoms with Gasteiger partial charge in [-0.3, -0.25) is 0 Å². The lowest BCUT2D eigenvalue weighted by atomic mass is 10.0. The highest BCUT2D eigenvalue weighted by Gasteiger charge is 2.23. The minimum Gasteiger partial charge on any atom is -0.331 e. The molecule has 21 heavy (non-hydrogen) atoms. The third kappa shape index (κ3) is 3.46. The van der Waals surface area contributed by atoms with E-state index in [2.05, 4.69) is 38.7 Å². The molecule has 0 spiro atoms. The van der Waals surface area contributed by atoms with Gasteiger partial charge in [0.05, 0.1) is 27.7 Å². The summed E-state index contributed by atoms with van der Waals surface area (Å²) in [6, 6.07) is 2.33. The molecule has 2 aliphatic rings. The zero-order valence-corrected chi connectivity index (χ0v) is 15.1. The van der Waals surface area contributed by atoms with Crippen molar-refractivity contribution in [3.05, 3.63) is 32.8 Å². The number of rotatable bonds is 7. The molecule has 114 valence electrons. The summed E-state index contributed by atoms with van der Waals surface area (Å²) in [7, 11) is 6.86. The third-order valence-corrected chi connectivity index (χ3v) is 6.39. The second-order valence-corrected chi connectivity index (χ2v) is 9.02. The second kappa shape index (κ2) is 6.31. The van der Waals surface area contributed by atoms with E-state index in [1.807, 2.05) is 23.1 Å². The van der Waals surface area contributed by atoms with Gasteiger partial charge in [0.1, 0.15) is 0 Å². The normalized spacial score (nSPS) is 17.2. The van der Waals surface area contributed by atoms with Crippen molar-refractivity contribution >= 4 is 33.6 Å². The fourth-order valence-electron chi connectivity index (χ4n) is 3.21. The first-order valence-electron chi connectivity index (χ1n) is 8.01. The van der Waals surface area contributed by atoms with Crippen molar-refractivity contribution in [3.8, 4) is 0 Å². The predicted octanol–water partition coefficient (Wildman–Crippen LogP) is 3.35. The van der Waals surface area contributed by atoms with E-state index in [9.17, 15) is 0 Å². The highest BCUT2D eigenvalue weighted by atomic mass is 32.2. The Bertz CT molecular complexity index is 658. The molecule has 0 atom stereocenters. The lowest BCUT2D eigenvalue weighted by molar-refractivity contribution is -0.870. The molecule has 1 aliphatic heterocycles. The first kappa shape index (κ1) is 15.4. The van der Waals surface area contributed by atoms with E-state index in [1.165, 1.54) is 44.4 Å². The molecule has 0 bridgehead atoms. The molecular weight excluding hydrogens is 294 g/mol. The van der Waals surface area contributed by atoms with E-state index in [4.69, 9.17) is 0 Å². The van der Waals surface area contributed by atoms with Crippen molar-refractivity contribution in [2.24, 2.45) is 0 Å². The molecular formula is C18H26NS2+. The zero-order valence-electron chi connectivity index (χ0n) is 13.4. The number of thioether (sulfide) groups is 1. The minimum absolute atomic E-state index is 1.10. The van der Waals surface area contributed by atoms with Crippen molar-refractivity contribution in [2.75, 3.05) is 33.4 Å². The molecule has 0 amide bonds. The van der Waals surface area contributed by atoms with Crippen LogP contribution in [0.3, 0.4) is 0 Å². The van der Waals surface area contributed by atoms with Crippen LogP contribution in [0.25, 0.3) is 10.5 Å². The summed E-state index contributed by atoms with van der Waals surface area (Å²) in [5.74, 6) is 1.18. The van der Waals surface area contributed by atoms with Crippen LogP contribution in [0.2, 0.25) is 0 Å². The molecule has 3 heteroatoms. The average Bonchev–Trinajstić information content (AvgIpc) is 3.07. The molecule has 1 nitrogen and oxygen atoms in total. The molecule has 0 saturated heterocycles. The summed E-state index contributed by atoms with van der Waals surface area (Å²) in [6.45, 7) is 1.30. The largest absolute Gasteiger partial charge is 0.331 e. The highest BCUT2D eigenvalue weighted by Crippen LogP contribution is 2.40. The van der Waals surface area contributed by atoms with E-state index >= 15 is 0 Å². The lowest BCUT2D eigenvalue weighted by Gasteiger charge is -2.23. The molecule has 3 rings (SSSR count). The number of hydrogen-bond acceptors (Lipinski definition) is 2. The molecule has 0 unspecified atom stereocenters. The Morgan fingerprint density at radius 3 is 2.71 bits per heavy atom. The SMILES string of the molecule is C[N+](C)(C)CCCCCCC1=c2ccsc2=C2SCC=C12. The lowest BCUT2D eigenvalue weighted by Crippen LogP contribution is -2.35. The van der Waals surface area contributed by atoms with Crippen LogP contribution in [0.1, 0.15) is 32.1 Å². The van der Waals surface area contributed by atoms with Crippen molar-refractivity contribution in [3.63, 3.8) is 0 Å². The predicted molar refractivity (Wildman–Crippen MR) is 96.9 cm³/mol. The Morgan fingerprint density at radius 2 is 1.90 bits per heavy atom. The smallest absolute Gasteiger partial charge is 0.0780 e. The first-order chi connectivity index (χ1) is 10.1. The van der Waals surface area contributed by atoms with Gasteiger partial charge in [0.25, 0.3) is 0 Å². The Hall–Kier alpha value is -0.510. The van der Waals surface area contributed by atoms with Gasteiger partial charge in [-0.2, -0.15) is 0 Å². The standard InChI is InChI=1S/C18H26NS2/c1-19(2,3)11-7-5-4-6-8-14-15-9-12-20-17(15)18-16(14)10-13-21-18/h9-10,12H,4-8,11,13H2,1-3H3/q+1. The van der Waals surface area contributed by atoms with E-state index in [0.717, 1.165) is 4.48 Å². The molecule has 0 N–H and O–H groups in total. The number of fused-ring (bicyclic) bond motifs is 2. The summed E-state index contributed by atoms with van der Waals surface area (Å²) in [5, 5.41) is 3.80. The van der Waals surface area contributed by atoms with Gasteiger partial charge in [-0.25, -0.2) is 0 Å². The Kier molecular flexibility index (Phi) is 4.63. The van der Waals surface area contributed by atoms with Crippen LogP contribution >= 0.6 is 23.1 Å². The maximum Gasteiger partial charge on any atom is 0.0780 e. The van der Waals surface area contributed by atoms with Gasteiger partial charge >= 0.3 is 0 Å². The van der Waals surface area contributed by atoms with Crippen LogP contribution in [-0.2, 0) is 0 Å². The number of nitrogens with zero attached hydrogens (tertiary/aromatic N) is 1. The van der Waals surface area contributed by atoms with Crippen LogP contribution in [0.4, 0.5) is 0 Å². The summed E-state index contributed by atoms with van der Waals surface area (Å²) >= 11 is 3.95. The fraction of sp³-hybridized carbons (Fsp3) is 0.556. The van der Waals surface area contributed by atoms with Gasteiger partial charge in [0, 0.05) is 15.2 Å². The number of unbranched alkanes of at least 4 members (excludes halogenated alkanes) is 3. The van der Waals surface area contributed by atoms with Gasteiger partial charge < -0.3 is 4.48 Å². The molecule has 2 heterocycles. The van der Waals surface area contributed by atoms with Crippen molar-refractivity contribution in [1.82, 2.24) is 0 Å². The quantitative estimate of drug-likeness (QED) is 0.548. The van der Waals surface area contributed by atoms with E-state index in [0.29, 0.717) is 0 Å². The summed E-state index contributed by atoms with van der Waals surface area (Å²) in [6.07, 6.45) is 9.17. The zero-order chi connectivity index (χ0) is 14.9. The van der Waals surface area contributed by atoms with E-state index in [-0.39, 0.29) is 0 Å². The number of quaternary nitrogens is 1. The number of hydrogen-bond donors (Lipinski definition) is 0. The van der Waals surface area contributed by atoms with Crippen LogP contribution in [0.5, 0.6) is 0 Å². The third-order valence-electron chi connectivity index (χ3n) is 4.29. The molecule has 0 aromatic carbocycles. The maximum atomic E-state index is 2.44. The summed E-state index contributed by atoms with van der Waals surface area (Å²) in [4.78, 5) is 1.57. The van der Waals surface area contributed by atoms with Gasteiger partial charge in [0.2, 0.25) is 0 Å². The monoisotopic (exact) mass is 320 g/mol. The molecule has 0 fully saturated rings. The Labute approximate surface area is 136 Å². The molecule has 1 aliphatic carbocycles. The molecule has 0 saturated carbocycles. The van der Waals surface area contributed by atoms with Crippen LogP contribution in [0, 0.1) is 0 Å². The van der Waals surface area contributed by atoms with Crippen LogP contribution in [-0.4, -0.2) is 37.9 Å². The first-order valence-corrected chi connectivity index (χ1v) is 9.88. The van der Waals surface area contributed by atoms with Gasteiger partial charge in [0.15, 0.2) is 0 Å². The fourth-order valence-corrected chi connectivity index (χ4v) is 5.42. The highest BCUT2D eigenvalue weighted by molar-refractivity contribution is 8.08. The Balaban J connectivity index is 1.54. The van der Waals surface area contributed by atoms with Crippen LogP contribution in [0.15, 0.2) is 23.1 Å². The molecule has 0 radical (unpaired) electrons. The van der Waals surface area contributed by atoms with Crippen LogP contribution < -0.4 is 9.75 Å². The summed E-state index contributed by atoms with van der Waals surface area (Å²) in [5.41, 5.74) is 3.21. The van der Waals surface area contributed by atoms with Gasteiger partial charge in [-0.15, -0.1) is 23.1 Å². The van der Waals surface area contributed by atoms with Crippen molar-refractivity contribution < 1.29 is 4.48 Å². The maximum absolute atomic E-state index is 2.44. The topological polar surface area (TPSA) is 0 Å². The average molecular weight is 321 g/mol. The molecule has 1 aromatic rings. The molecule has 1 aromatic heterocycles. The summed E-state index contributed by atoms with van der Waals surface area (Å²) < 4.78 is 2.64.